The number of rotatable bonds is 5. The van der Waals surface area contributed by atoms with Crippen molar-refractivity contribution < 1.29 is 14.3 Å². The highest BCUT2D eigenvalue weighted by Gasteiger charge is 2.27. The van der Waals surface area contributed by atoms with Crippen molar-refractivity contribution in [3.63, 3.8) is 0 Å². The standard InChI is InChI=1S/C18H28N2O3/c1-15(23-14-17-6-2-5-13-22-17)18(21)20-11-7-16(8-12-20)19-9-3-4-10-19/h3-4,9-10,15-17H,2,5-8,11-14H2,1H3/t15-,17+/m1/s1. The van der Waals surface area contributed by atoms with Crippen LogP contribution in [0.15, 0.2) is 24.5 Å². The molecule has 3 rings (SSSR count). The third-order valence-corrected chi connectivity index (χ3v) is 4.98. The molecule has 2 atom stereocenters. The van der Waals surface area contributed by atoms with Crippen LogP contribution in [-0.2, 0) is 14.3 Å². The van der Waals surface area contributed by atoms with Gasteiger partial charge in [-0.25, -0.2) is 0 Å². The highest BCUT2D eigenvalue weighted by atomic mass is 16.5. The Bertz CT molecular complexity index is 474. The van der Waals surface area contributed by atoms with E-state index in [-0.39, 0.29) is 18.1 Å². The molecule has 0 saturated carbocycles. The Labute approximate surface area is 138 Å². The molecule has 2 saturated heterocycles. The Kier molecular flexibility index (Phi) is 5.73. The molecule has 0 aliphatic carbocycles. The van der Waals surface area contributed by atoms with E-state index in [2.05, 4.69) is 29.1 Å². The minimum Gasteiger partial charge on any atom is -0.376 e. The van der Waals surface area contributed by atoms with E-state index in [1.807, 2.05) is 11.8 Å². The number of hydrogen-bond acceptors (Lipinski definition) is 3. The van der Waals surface area contributed by atoms with E-state index in [1.54, 1.807) is 0 Å². The van der Waals surface area contributed by atoms with Gasteiger partial charge in [-0.3, -0.25) is 4.79 Å². The van der Waals surface area contributed by atoms with Crippen LogP contribution in [0.2, 0.25) is 0 Å². The minimum absolute atomic E-state index is 0.117. The fourth-order valence-electron chi connectivity index (χ4n) is 3.49. The number of ether oxygens (including phenoxy) is 2. The van der Waals surface area contributed by atoms with E-state index in [9.17, 15) is 4.79 Å². The Hall–Kier alpha value is -1.33. The van der Waals surface area contributed by atoms with E-state index in [4.69, 9.17) is 9.47 Å². The molecule has 1 aromatic heterocycles. The molecule has 5 heteroatoms. The van der Waals surface area contributed by atoms with Crippen LogP contribution in [0.25, 0.3) is 0 Å². The van der Waals surface area contributed by atoms with Crippen molar-refractivity contribution in [1.29, 1.82) is 0 Å². The van der Waals surface area contributed by atoms with E-state index in [1.165, 1.54) is 6.42 Å². The van der Waals surface area contributed by atoms with E-state index < -0.39 is 0 Å². The zero-order valence-electron chi connectivity index (χ0n) is 14.0. The maximum atomic E-state index is 12.5. The second kappa shape index (κ2) is 7.97. The highest BCUT2D eigenvalue weighted by molar-refractivity contribution is 5.80. The molecule has 0 unspecified atom stereocenters. The van der Waals surface area contributed by atoms with Gasteiger partial charge in [0.05, 0.1) is 12.7 Å². The minimum atomic E-state index is -0.372. The molecule has 1 aromatic rings. The molecule has 2 aliphatic heterocycles. The number of hydrogen-bond donors (Lipinski definition) is 0. The summed E-state index contributed by atoms with van der Waals surface area (Å²) in [6.07, 6.45) is 9.42. The first kappa shape index (κ1) is 16.5. The van der Waals surface area contributed by atoms with Crippen molar-refractivity contribution in [2.45, 2.75) is 57.3 Å². The summed E-state index contributed by atoms with van der Waals surface area (Å²) in [7, 11) is 0. The van der Waals surface area contributed by atoms with Crippen LogP contribution in [0.3, 0.4) is 0 Å². The SMILES string of the molecule is C[C@@H](OC[C@@H]1CCCCO1)C(=O)N1CCC(n2cccc2)CC1. The Morgan fingerprint density at radius 2 is 1.96 bits per heavy atom. The van der Waals surface area contributed by atoms with Crippen LogP contribution >= 0.6 is 0 Å². The van der Waals surface area contributed by atoms with Crippen LogP contribution in [0.4, 0.5) is 0 Å². The molecule has 128 valence electrons. The predicted molar refractivity (Wildman–Crippen MR) is 88.3 cm³/mol. The van der Waals surface area contributed by atoms with Gasteiger partial charge in [-0.2, -0.15) is 0 Å². The zero-order valence-corrected chi connectivity index (χ0v) is 14.0. The lowest BCUT2D eigenvalue weighted by atomic mass is 10.0. The van der Waals surface area contributed by atoms with Crippen LogP contribution in [0.1, 0.15) is 45.1 Å². The number of carbonyl (C=O) groups is 1. The zero-order chi connectivity index (χ0) is 16.1. The number of carbonyl (C=O) groups excluding carboxylic acids is 1. The summed E-state index contributed by atoms with van der Waals surface area (Å²) in [5.74, 6) is 0.117. The second-order valence-electron chi connectivity index (χ2n) is 6.65. The summed E-state index contributed by atoms with van der Waals surface area (Å²) in [6, 6.07) is 4.63. The van der Waals surface area contributed by atoms with Crippen molar-refractivity contribution >= 4 is 5.91 Å². The van der Waals surface area contributed by atoms with Crippen molar-refractivity contribution in [2.24, 2.45) is 0 Å². The molecule has 0 bridgehead atoms. The van der Waals surface area contributed by atoms with Gasteiger partial charge in [0.15, 0.2) is 0 Å². The lowest BCUT2D eigenvalue weighted by molar-refractivity contribution is -0.147. The molecule has 23 heavy (non-hydrogen) atoms. The summed E-state index contributed by atoms with van der Waals surface area (Å²) < 4.78 is 13.7. The van der Waals surface area contributed by atoms with Crippen molar-refractivity contribution in [3.05, 3.63) is 24.5 Å². The van der Waals surface area contributed by atoms with Crippen LogP contribution in [0, 0.1) is 0 Å². The first-order valence-electron chi connectivity index (χ1n) is 8.88. The predicted octanol–water partition coefficient (Wildman–Crippen LogP) is 2.63. The van der Waals surface area contributed by atoms with Crippen LogP contribution in [-0.4, -0.2) is 53.9 Å². The summed E-state index contributed by atoms with van der Waals surface area (Å²) in [5.41, 5.74) is 0. The third-order valence-electron chi connectivity index (χ3n) is 4.98. The Balaban J connectivity index is 1.41. The molecule has 2 fully saturated rings. The van der Waals surface area contributed by atoms with E-state index in [0.29, 0.717) is 12.6 Å². The van der Waals surface area contributed by atoms with Gasteiger partial charge in [-0.05, 0) is 51.2 Å². The van der Waals surface area contributed by atoms with Gasteiger partial charge >= 0.3 is 0 Å². The first-order valence-corrected chi connectivity index (χ1v) is 8.88. The summed E-state index contributed by atoms with van der Waals surface area (Å²) in [6.45, 7) is 4.85. The molecule has 1 amide bonds. The lowest BCUT2D eigenvalue weighted by Gasteiger charge is -2.34. The molecule has 0 spiro atoms. The highest BCUT2D eigenvalue weighted by Crippen LogP contribution is 2.23. The maximum Gasteiger partial charge on any atom is 0.251 e. The second-order valence-corrected chi connectivity index (χ2v) is 6.65. The molecular formula is C18H28N2O3. The van der Waals surface area contributed by atoms with Crippen molar-refractivity contribution in [3.8, 4) is 0 Å². The number of likely N-dealkylation sites (tertiary alicyclic amines) is 1. The number of amides is 1. The van der Waals surface area contributed by atoms with Crippen molar-refractivity contribution in [2.75, 3.05) is 26.3 Å². The molecule has 0 aromatic carbocycles. The van der Waals surface area contributed by atoms with E-state index >= 15 is 0 Å². The third kappa shape index (κ3) is 4.36. The molecule has 0 radical (unpaired) electrons. The average molecular weight is 320 g/mol. The van der Waals surface area contributed by atoms with Crippen LogP contribution in [0.5, 0.6) is 0 Å². The fraction of sp³-hybridized carbons (Fsp3) is 0.722. The maximum absolute atomic E-state index is 12.5. The average Bonchev–Trinajstić information content (AvgIpc) is 3.15. The van der Waals surface area contributed by atoms with Gasteiger partial charge in [-0.15, -0.1) is 0 Å². The molecular weight excluding hydrogens is 292 g/mol. The van der Waals surface area contributed by atoms with Crippen molar-refractivity contribution in [1.82, 2.24) is 9.47 Å². The Morgan fingerprint density at radius 3 is 2.61 bits per heavy atom. The monoisotopic (exact) mass is 320 g/mol. The largest absolute Gasteiger partial charge is 0.376 e. The molecule has 3 heterocycles. The lowest BCUT2D eigenvalue weighted by Crippen LogP contribution is -2.44. The Morgan fingerprint density at radius 1 is 1.22 bits per heavy atom. The van der Waals surface area contributed by atoms with E-state index in [0.717, 1.165) is 45.4 Å². The van der Waals surface area contributed by atoms with Crippen LogP contribution < -0.4 is 0 Å². The topological polar surface area (TPSA) is 43.7 Å². The summed E-state index contributed by atoms with van der Waals surface area (Å²) in [4.78, 5) is 14.5. The molecule has 2 aliphatic rings. The number of aromatic nitrogens is 1. The van der Waals surface area contributed by atoms with Gasteiger partial charge < -0.3 is 18.9 Å². The number of piperidine rings is 1. The fourth-order valence-corrected chi connectivity index (χ4v) is 3.49. The van der Waals surface area contributed by atoms with Gasteiger partial charge in [0.2, 0.25) is 0 Å². The van der Waals surface area contributed by atoms with Gasteiger partial charge in [0, 0.05) is 38.1 Å². The quantitative estimate of drug-likeness (QED) is 0.838. The summed E-state index contributed by atoms with van der Waals surface area (Å²) in [5, 5.41) is 0. The number of nitrogens with zero attached hydrogens (tertiary/aromatic N) is 2. The summed E-state index contributed by atoms with van der Waals surface area (Å²) >= 11 is 0. The first-order chi connectivity index (χ1) is 11.2. The van der Waals surface area contributed by atoms with Gasteiger partial charge in [-0.1, -0.05) is 0 Å². The van der Waals surface area contributed by atoms with Gasteiger partial charge in [0.1, 0.15) is 6.10 Å². The molecule has 0 N–H and O–H groups in total. The smallest absolute Gasteiger partial charge is 0.251 e. The molecule has 5 nitrogen and oxygen atoms in total. The normalized spacial score (nSPS) is 24.6. The van der Waals surface area contributed by atoms with Gasteiger partial charge in [0.25, 0.3) is 5.91 Å².